The van der Waals surface area contributed by atoms with Crippen LogP contribution in [0.25, 0.3) is 0 Å². The molecule has 1 fully saturated rings. The van der Waals surface area contributed by atoms with Crippen molar-refractivity contribution in [3.63, 3.8) is 0 Å². The number of amides is 1. The lowest BCUT2D eigenvalue weighted by Gasteiger charge is -2.34. The number of ether oxygens (including phenoxy) is 2. The van der Waals surface area contributed by atoms with Gasteiger partial charge < -0.3 is 14.4 Å². The molecule has 0 aliphatic carbocycles. The number of likely N-dealkylation sites (tertiary alicyclic amines) is 1. The van der Waals surface area contributed by atoms with Crippen LogP contribution in [0.3, 0.4) is 0 Å². The lowest BCUT2D eigenvalue weighted by Crippen LogP contribution is -2.44. The molecule has 1 amide bonds. The number of benzene rings is 2. The molecule has 2 aliphatic rings. The molecule has 2 aromatic carbocycles. The molecule has 2 aliphatic heterocycles. The quantitative estimate of drug-likeness (QED) is 0.715. The maximum atomic E-state index is 13.5. The molecule has 160 valence electrons. The molecule has 2 heterocycles. The Balaban J connectivity index is 1.42. The zero-order valence-electron chi connectivity index (χ0n) is 17.8. The van der Waals surface area contributed by atoms with E-state index < -0.39 is 0 Å². The maximum absolute atomic E-state index is 13.5. The van der Waals surface area contributed by atoms with E-state index in [1.165, 1.54) is 12.8 Å². The Labute approximate surface area is 179 Å². The highest BCUT2D eigenvalue weighted by Gasteiger charge is 2.29. The number of carbonyl (C=O) groups excluding carboxylic acids is 1. The first-order chi connectivity index (χ1) is 14.7. The van der Waals surface area contributed by atoms with Crippen molar-refractivity contribution in [2.24, 2.45) is 0 Å². The van der Waals surface area contributed by atoms with E-state index >= 15 is 0 Å². The van der Waals surface area contributed by atoms with Crippen LogP contribution in [0.5, 0.6) is 11.5 Å². The average molecular weight is 409 g/mol. The second-order valence-corrected chi connectivity index (χ2v) is 8.30. The number of hydrogen-bond acceptors (Lipinski definition) is 4. The van der Waals surface area contributed by atoms with E-state index in [0.29, 0.717) is 6.61 Å². The van der Waals surface area contributed by atoms with Crippen LogP contribution >= 0.6 is 0 Å². The molecule has 0 aromatic heterocycles. The highest BCUT2D eigenvalue weighted by Crippen LogP contribution is 2.32. The zero-order valence-corrected chi connectivity index (χ0v) is 17.8. The predicted molar refractivity (Wildman–Crippen MR) is 118 cm³/mol. The van der Waals surface area contributed by atoms with Crippen molar-refractivity contribution in [1.82, 2.24) is 9.80 Å². The molecule has 2 aromatic rings. The fraction of sp³-hybridized carbons (Fsp3) is 0.480. The highest BCUT2D eigenvalue weighted by atomic mass is 16.6. The number of fused-ring (bicyclic) bond motifs is 1. The van der Waals surface area contributed by atoms with Gasteiger partial charge in [-0.25, -0.2) is 0 Å². The Hall–Kier alpha value is -2.53. The number of carbonyl (C=O) groups is 1. The standard InChI is InChI=1S/C25H32N2O3/c1-26(24-19-29-22-13-7-8-14-23(22)30-24)18-15-21(20-11-5-4-6-12-20)25(28)27-16-9-2-3-10-17-27/h4-8,11-14,21,24H,2-3,9-10,15-19H2,1H3. The van der Waals surface area contributed by atoms with Gasteiger partial charge in [0.1, 0.15) is 6.61 Å². The Bertz CT molecular complexity index is 818. The molecule has 5 nitrogen and oxygen atoms in total. The minimum Gasteiger partial charge on any atom is -0.484 e. The van der Waals surface area contributed by atoms with Crippen molar-refractivity contribution in [2.75, 3.05) is 33.3 Å². The highest BCUT2D eigenvalue weighted by molar-refractivity contribution is 5.83. The Morgan fingerprint density at radius 2 is 1.67 bits per heavy atom. The molecule has 0 saturated carbocycles. The third kappa shape index (κ3) is 4.96. The molecule has 0 bridgehead atoms. The lowest BCUT2D eigenvalue weighted by molar-refractivity contribution is -0.133. The first-order valence-electron chi connectivity index (χ1n) is 11.1. The minimum absolute atomic E-state index is 0.122. The summed E-state index contributed by atoms with van der Waals surface area (Å²) < 4.78 is 12.0. The van der Waals surface area contributed by atoms with Gasteiger partial charge in [0, 0.05) is 19.6 Å². The molecule has 1 saturated heterocycles. The molecule has 0 N–H and O–H groups in total. The van der Waals surface area contributed by atoms with Crippen LogP contribution in [-0.2, 0) is 4.79 Å². The summed E-state index contributed by atoms with van der Waals surface area (Å²) >= 11 is 0. The largest absolute Gasteiger partial charge is 0.484 e. The van der Waals surface area contributed by atoms with Crippen LogP contribution in [-0.4, -0.2) is 55.2 Å². The number of nitrogens with zero attached hydrogens (tertiary/aromatic N) is 2. The van der Waals surface area contributed by atoms with Gasteiger partial charge in [-0.05, 0) is 44.0 Å². The average Bonchev–Trinajstić information content (AvgIpc) is 3.09. The van der Waals surface area contributed by atoms with Gasteiger partial charge in [-0.2, -0.15) is 0 Å². The molecule has 30 heavy (non-hydrogen) atoms. The number of likely N-dealkylation sites (N-methyl/N-ethyl adjacent to an activating group) is 1. The fourth-order valence-corrected chi connectivity index (χ4v) is 4.33. The van der Waals surface area contributed by atoms with E-state index in [1.807, 2.05) is 49.5 Å². The summed E-state index contributed by atoms with van der Waals surface area (Å²) in [7, 11) is 2.04. The van der Waals surface area contributed by atoms with E-state index in [0.717, 1.165) is 56.0 Å². The lowest BCUT2D eigenvalue weighted by atomic mass is 9.93. The summed E-state index contributed by atoms with van der Waals surface area (Å²) in [4.78, 5) is 17.7. The van der Waals surface area contributed by atoms with E-state index in [2.05, 4.69) is 21.9 Å². The van der Waals surface area contributed by atoms with Crippen LogP contribution in [0.1, 0.15) is 43.6 Å². The van der Waals surface area contributed by atoms with Gasteiger partial charge in [-0.3, -0.25) is 9.69 Å². The summed E-state index contributed by atoms with van der Waals surface area (Å²) in [6.45, 7) is 3.02. The van der Waals surface area contributed by atoms with Crippen LogP contribution in [0.4, 0.5) is 0 Å². The Morgan fingerprint density at radius 1 is 1.00 bits per heavy atom. The SMILES string of the molecule is CN(CCC(C(=O)N1CCCCCC1)c1ccccc1)C1COc2ccccc2O1. The van der Waals surface area contributed by atoms with Crippen LogP contribution < -0.4 is 9.47 Å². The molecule has 0 radical (unpaired) electrons. The van der Waals surface area contributed by atoms with E-state index in [9.17, 15) is 4.79 Å². The van der Waals surface area contributed by atoms with Crippen molar-refractivity contribution in [1.29, 1.82) is 0 Å². The molecular formula is C25H32N2O3. The van der Waals surface area contributed by atoms with Crippen LogP contribution in [0, 0.1) is 0 Å². The van der Waals surface area contributed by atoms with Crippen molar-refractivity contribution in [2.45, 2.75) is 44.2 Å². The Kier molecular flexibility index (Phi) is 6.90. The molecule has 5 heteroatoms. The second kappa shape index (κ2) is 9.98. The number of para-hydroxylation sites is 2. The summed E-state index contributed by atoms with van der Waals surface area (Å²) in [5.74, 6) is 1.72. The van der Waals surface area contributed by atoms with Crippen molar-refractivity contribution >= 4 is 5.91 Å². The molecule has 2 atom stereocenters. The van der Waals surface area contributed by atoms with E-state index in [4.69, 9.17) is 9.47 Å². The maximum Gasteiger partial charge on any atom is 0.230 e. The summed E-state index contributed by atoms with van der Waals surface area (Å²) in [6, 6.07) is 18.0. The normalized spacial score (nSPS) is 19.9. The molecule has 0 spiro atoms. The van der Waals surface area contributed by atoms with Crippen molar-refractivity contribution < 1.29 is 14.3 Å². The smallest absolute Gasteiger partial charge is 0.230 e. The van der Waals surface area contributed by atoms with Gasteiger partial charge in [0.25, 0.3) is 0 Å². The van der Waals surface area contributed by atoms with Gasteiger partial charge in [0.15, 0.2) is 17.7 Å². The number of rotatable bonds is 6. The van der Waals surface area contributed by atoms with Gasteiger partial charge in [0.05, 0.1) is 5.92 Å². The van der Waals surface area contributed by atoms with Crippen molar-refractivity contribution in [3.8, 4) is 11.5 Å². The molecule has 4 rings (SSSR count). The molecular weight excluding hydrogens is 376 g/mol. The fourth-order valence-electron chi connectivity index (χ4n) is 4.33. The summed E-state index contributed by atoms with van der Waals surface area (Å²) in [6.07, 6.45) is 5.29. The monoisotopic (exact) mass is 408 g/mol. The third-order valence-electron chi connectivity index (χ3n) is 6.17. The van der Waals surface area contributed by atoms with Crippen LogP contribution in [0.2, 0.25) is 0 Å². The summed E-state index contributed by atoms with van der Waals surface area (Å²) in [5, 5.41) is 0. The first-order valence-corrected chi connectivity index (χ1v) is 11.1. The number of hydrogen-bond donors (Lipinski definition) is 0. The second-order valence-electron chi connectivity index (χ2n) is 8.30. The van der Waals surface area contributed by atoms with E-state index in [-0.39, 0.29) is 18.1 Å². The van der Waals surface area contributed by atoms with Gasteiger partial charge >= 0.3 is 0 Å². The first kappa shape index (κ1) is 20.7. The van der Waals surface area contributed by atoms with Crippen molar-refractivity contribution in [3.05, 3.63) is 60.2 Å². The van der Waals surface area contributed by atoms with Crippen LogP contribution in [0.15, 0.2) is 54.6 Å². The third-order valence-corrected chi connectivity index (χ3v) is 6.17. The predicted octanol–water partition coefficient (Wildman–Crippen LogP) is 4.29. The van der Waals surface area contributed by atoms with Gasteiger partial charge in [-0.15, -0.1) is 0 Å². The summed E-state index contributed by atoms with van der Waals surface area (Å²) in [5.41, 5.74) is 1.10. The van der Waals surface area contributed by atoms with E-state index in [1.54, 1.807) is 0 Å². The van der Waals surface area contributed by atoms with Gasteiger partial charge in [-0.1, -0.05) is 55.3 Å². The van der Waals surface area contributed by atoms with Gasteiger partial charge in [0.2, 0.25) is 5.91 Å². The zero-order chi connectivity index (χ0) is 20.8. The molecule has 2 unspecified atom stereocenters. The topological polar surface area (TPSA) is 42.0 Å². The minimum atomic E-state index is -0.149. The Morgan fingerprint density at radius 3 is 2.40 bits per heavy atom.